The van der Waals surface area contributed by atoms with Gasteiger partial charge in [-0.1, -0.05) is 29.8 Å². The lowest BCUT2D eigenvalue weighted by molar-refractivity contribution is 0.0737. The van der Waals surface area contributed by atoms with E-state index in [1.807, 2.05) is 12.1 Å². The Morgan fingerprint density at radius 3 is 2.69 bits per heavy atom. The van der Waals surface area contributed by atoms with Crippen LogP contribution >= 0.6 is 11.6 Å². The Morgan fingerprint density at radius 2 is 1.97 bits per heavy atom. The van der Waals surface area contributed by atoms with E-state index in [0.29, 0.717) is 33.3 Å². The molecule has 1 aromatic heterocycles. The number of carbonyl (C=O) groups excluding carboxylic acids is 1. The van der Waals surface area contributed by atoms with E-state index in [0.717, 1.165) is 5.56 Å². The van der Waals surface area contributed by atoms with Crippen LogP contribution in [0.2, 0.25) is 5.02 Å². The first-order valence-corrected chi connectivity index (χ1v) is 11.1. The van der Waals surface area contributed by atoms with Crippen molar-refractivity contribution in [2.24, 2.45) is 0 Å². The molecule has 4 aromatic rings. The van der Waals surface area contributed by atoms with Gasteiger partial charge in [-0.15, -0.1) is 0 Å². The molecule has 0 fully saturated rings. The number of benzene rings is 3. The van der Waals surface area contributed by atoms with E-state index >= 15 is 0 Å². The maximum Gasteiger partial charge on any atom is 0.409 e. The molecule has 0 saturated heterocycles. The number of fused-ring (bicyclic) bond motifs is 3. The summed E-state index contributed by atoms with van der Waals surface area (Å²) >= 11 is 6.50. The number of pyridine rings is 1. The normalized spacial score (nSPS) is 14.8. The van der Waals surface area contributed by atoms with Crippen LogP contribution in [-0.4, -0.2) is 34.1 Å². The maximum absolute atomic E-state index is 14.4. The molecule has 9 heteroatoms. The van der Waals surface area contributed by atoms with Crippen LogP contribution in [-0.2, 0) is 6.54 Å². The quantitative estimate of drug-likeness (QED) is 0.364. The summed E-state index contributed by atoms with van der Waals surface area (Å²) in [5.74, 6) is -0.197. The Bertz CT molecular complexity index is 1480. The van der Waals surface area contributed by atoms with Crippen molar-refractivity contribution in [3.8, 4) is 5.75 Å². The van der Waals surface area contributed by atoms with Gasteiger partial charge in [-0.3, -0.25) is 15.1 Å². The number of amides is 2. The van der Waals surface area contributed by atoms with Crippen LogP contribution in [0.15, 0.2) is 66.9 Å². The lowest BCUT2D eigenvalue weighted by atomic mass is 9.93. The highest BCUT2D eigenvalue weighted by Gasteiger charge is 2.42. The first-order valence-electron chi connectivity index (χ1n) is 10.7. The second kappa shape index (κ2) is 8.88. The van der Waals surface area contributed by atoms with E-state index < -0.39 is 18.0 Å². The van der Waals surface area contributed by atoms with Crippen LogP contribution in [0.5, 0.6) is 5.75 Å². The van der Waals surface area contributed by atoms with Crippen molar-refractivity contribution in [1.29, 1.82) is 0 Å². The summed E-state index contributed by atoms with van der Waals surface area (Å²) in [7, 11) is 1.56. The molecule has 0 saturated carbocycles. The molecule has 1 atom stereocenters. The summed E-state index contributed by atoms with van der Waals surface area (Å²) in [4.78, 5) is 31.5. The van der Waals surface area contributed by atoms with E-state index in [-0.39, 0.29) is 23.2 Å². The minimum absolute atomic E-state index is 0.170. The molecule has 176 valence electrons. The molecule has 1 aliphatic heterocycles. The molecule has 1 aliphatic rings. The van der Waals surface area contributed by atoms with Gasteiger partial charge in [-0.25, -0.2) is 9.18 Å². The highest BCUT2D eigenvalue weighted by atomic mass is 35.5. The number of carboxylic acid groups (broad SMARTS) is 1. The van der Waals surface area contributed by atoms with Gasteiger partial charge in [0.2, 0.25) is 0 Å². The van der Waals surface area contributed by atoms with Crippen LogP contribution < -0.4 is 10.1 Å². The summed E-state index contributed by atoms with van der Waals surface area (Å²) in [6.07, 6.45) is 0.266. The Balaban J connectivity index is 1.76. The minimum Gasteiger partial charge on any atom is -0.497 e. The maximum atomic E-state index is 14.4. The molecular weight excluding hydrogens is 473 g/mol. The Morgan fingerprint density at radius 1 is 1.20 bits per heavy atom. The third-order valence-electron chi connectivity index (χ3n) is 6.01. The molecule has 35 heavy (non-hydrogen) atoms. The smallest absolute Gasteiger partial charge is 0.409 e. The van der Waals surface area contributed by atoms with Gasteiger partial charge in [0.25, 0.3) is 5.91 Å². The fraction of sp³-hybridized carbons (Fsp3) is 0.115. The van der Waals surface area contributed by atoms with Crippen molar-refractivity contribution < 1.29 is 23.8 Å². The number of hydrogen-bond donors (Lipinski definition) is 2. The van der Waals surface area contributed by atoms with Gasteiger partial charge in [-0.05, 0) is 48.0 Å². The zero-order valence-electron chi connectivity index (χ0n) is 18.5. The zero-order valence-corrected chi connectivity index (χ0v) is 19.2. The Kier molecular flexibility index (Phi) is 5.74. The van der Waals surface area contributed by atoms with Gasteiger partial charge in [-0.2, -0.15) is 0 Å². The lowest BCUT2D eigenvalue weighted by Crippen LogP contribution is -2.28. The number of carbonyl (C=O) groups is 2. The third kappa shape index (κ3) is 4.02. The molecule has 5 rings (SSSR count). The highest BCUT2D eigenvalue weighted by Crippen LogP contribution is 2.47. The molecule has 2 amide bonds. The standard InChI is InChI=1S/C26H19ClFN3O4/c1-35-16-7-4-14(5-8-16)13-31-24(18-11-15(28)6-9-19(18)27)23-21(30-26(33)34)12-20-17(3-2-10-29-20)22(23)25(31)32/h2-12,24,30H,13H2,1H3,(H,33,34). The predicted octanol–water partition coefficient (Wildman–Crippen LogP) is 5.87. The van der Waals surface area contributed by atoms with Gasteiger partial charge >= 0.3 is 6.09 Å². The summed E-state index contributed by atoms with van der Waals surface area (Å²) < 4.78 is 19.6. The summed E-state index contributed by atoms with van der Waals surface area (Å²) in [6.45, 7) is 0.170. The van der Waals surface area contributed by atoms with Crippen LogP contribution in [0.1, 0.15) is 33.1 Å². The molecular formula is C26H19ClFN3O4. The van der Waals surface area contributed by atoms with Crippen molar-refractivity contribution in [2.75, 3.05) is 12.4 Å². The largest absolute Gasteiger partial charge is 0.497 e. The van der Waals surface area contributed by atoms with Crippen molar-refractivity contribution in [1.82, 2.24) is 9.88 Å². The highest BCUT2D eigenvalue weighted by molar-refractivity contribution is 6.31. The van der Waals surface area contributed by atoms with Gasteiger partial charge in [0, 0.05) is 34.3 Å². The number of ether oxygens (including phenoxy) is 1. The molecule has 0 aliphatic carbocycles. The Labute approximate surface area is 204 Å². The van der Waals surface area contributed by atoms with E-state index in [2.05, 4.69) is 10.3 Å². The number of anilines is 1. The van der Waals surface area contributed by atoms with Crippen LogP contribution in [0, 0.1) is 5.82 Å². The molecule has 3 aromatic carbocycles. The van der Waals surface area contributed by atoms with Crippen LogP contribution in [0.4, 0.5) is 14.9 Å². The van der Waals surface area contributed by atoms with Crippen molar-refractivity contribution in [3.05, 3.63) is 100.0 Å². The number of nitrogens with zero attached hydrogens (tertiary/aromatic N) is 2. The first kappa shape index (κ1) is 22.6. The fourth-order valence-electron chi connectivity index (χ4n) is 4.53. The topological polar surface area (TPSA) is 91.8 Å². The van der Waals surface area contributed by atoms with E-state index in [1.165, 1.54) is 18.2 Å². The monoisotopic (exact) mass is 491 g/mol. The number of halogens is 2. The average Bonchev–Trinajstić information content (AvgIpc) is 3.13. The third-order valence-corrected chi connectivity index (χ3v) is 6.36. The fourth-order valence-corrected chi connectivity index (χ4v) is 4.75. The van der Waals surface area contributed by atoms with Crippen LogP contribution in [0.3, 0.4) is 0 Å². The zero-order chi connectivity index (χ0) is 24.7. The number of aromatic nitrogens is 1. The van der Waals surface area contributed by atoms with E-state index in [4.69, 9.17) is 16.3 Å². The Hall–Kier alpha value is -4.17. The van der Waals surface area contributed by atoms with E-state index in [9.17, 15) is 19.1 Å². The van der Waals surface area contributed by atoms with Crippen molar-refractivity contribution >= 4 is 40.2 Å². The minimum atomic E-state index is -1.30. The lowest BCUT2D eigenvalue weighted by Gasteiger charge is -2.27. The first-order chi connectivity index (χ1) is 16.9. The molecule has 0 spiro atoms. The van der Waals surface area contributed by atoms with Gasteiger partial charge in [0.1, 0.15) is 11.6 Å². The molecule has 2 N–H and O–H groups in total. The van der Waals surface area contributed by atoms with Crippen molar-refractivity contribution in [2.45, 2.75) is 12.6 Å². The number of methoxy groups -OCH3 is 1. The van der Waals surface area contributed by atoms with Gasteiger partial charge in [0.05, 0.1) is 29.9 Å². The van der Waals surface area contributed by atoms with Crippen LogP contribution in [0.25, 0.3) is 10.9 Å². The SMILES string of the molecule is COc1ccc(CN2C(=O)c3c(c(NC(=O)O)cc4ncccc34)C2c2cc(F)ccc2Cl)cc1. The number of nitrogens with one attached hydrogen (secondary N) is 1. The second-order valence-electron chi connectivity index (χ2n) is 8.06. The predicted molar refractivity (Wildman–Crippen MR) is 130 cm³/mol. The van der Waals surface area contributed by atoms with Gasteiger partial charge in [0.15, 0.2) is 0 Å². The molecule has 1 unspecified atom stereocenters. The average molecular weight is 492 g/mol. The summed E-state index contributed by atoms with van der Waals surface area (Å²) in [6, 6.07) is 15.3. The number of hydrogen-bond acceptors (Lipinski definition) is 4. The molecule has 7 nitrogen and oxygen atoms in total. The van der Waals surface area contributed by atoms with Gasteiger partial charge < -0.3 is 14.7 Å². The molecule has 0 radical (unpaired) electrons. The molecule has 0 bridgehead atoms. The molecule has 2 heterocycles. The van der Waals surface area contributed by atoms with Crippen molar-refractivity contribution in [3.63, 3.8) is 0 Å². The van der Waals surface area contributed by atoms with E-state index in [1.54, 1.807) is 48.5 Å². The summed E-state index contributed by atoms with van der Waals surface area (Å²) in [5, 5.41) is 12.7. The second-order valence-corrected chi connectivity index (χ2v) is 8.47. The number of rotatable bonds is 5. The summed E-state index contributed by atoms with van der Waals surface area (Å²) in [5.41, 5.74) is 2.51.